The zero-order chi connectivity index (χ0) is 25.9. The highest BCUT2D eigenvalue weighted by Gasteiger charge is 2.46. The quantitative estimate of drug-likeness (QED) is 0.503. The number of fused-ring (bicyclic) bond motifs is 2. The summed E-state index contributed by atoms with van der Waals surface area (Å²) in [6.45, 7) is 1.42. The molecule has 4 heterocycles. The van der Waals surface area contributed by atoms with E-state index in [-0.39, 0.29) is 43.2 Å². The van der Waals surface area contributed by atoms with Gasteiger partial charge in [-0.2, -0.15) is 18.4 Å². The number of aromatic nitrogens is 4. The van der Waals surface area contributed by atoms with Gasteiger partial charge >= 0.3 is 6.18 Å². The van der Waals surface area contributed by atoms with Crippen molar-refractivity contribution in [2.24, 2.45) is 17.8 Å². The lowest BCUT2D eigenvalue weighted by atomic mass is 9.80. The summed E-state index contributed by atoms with van der Waals surface area (Å²) in [5.74, 6) is -0.641. The number of hydrogen-bond acceptors (Lipinski definition) is 6. The Morgan fingerprint density at radius 1 is 1.14 bits per heavy atom. The van der Waals surface area contributed by atoms with Gasteiger partial charge in [-0.05, 0) is 49.3 Å². The van der Waals surface area contributed by atoms with Crippen molar-refractivity contribution >= 4 is 34.1 Å². The molecule has 12 heteroatoms. The van der Waals surface area contributed by atoms with Gasteiger partial charge < -0.3 is 14.4 Å². The van der Waals surface area contributed by atoms with Gasteiger partial charge in [0, 0.05) is 48.7 Å². The fourth-order valence-electron chi connectivity index (χ4n) is 5.86. The second kappa shape index (κ2) is 8.87. The van der Waals surface area contributed by atoms with Crippen LogP contribution in [0.15, 0.2) is 24.4 Å². The first-order valence-corrected chi connectivity index (χ1v) is 12.6. The monoisotopic (exact) mass is 529 g/mol. The first-order chi connectivity index (χ1) is 17.7. The number of alkyl halides is 3. The number of anilines is 1. The van der Waals surface area contributed by atoms with Crippen molar-refractivity contribution in [2.75, 3.05) is 24.5 Å². The van der Waals surface area contributed by atoms with Crippen LogP contribution >= 0.6 is 11.6 Å². The van der Waals surface area contributed by atoms with Crippen LogP contribution in [0.4, 0.5) is 18.9 Å². The molecule has 0 radical (unpaired) electrons. The lowest BCUT2D eigenvalue weighted by Gasteiger charge is -2.42. The summed E-state index contributed by atoms with van der Waals surface area (Å²) >= 11 is 6.27. The number of nitrogens with zero attached hydrogens (tertiary/aromatic N) is 7. The minimum absolute atomic E-state index is 0.0190. The smallest absolute Gasteiger partial charge is 0.370 e. The molecule has 3 aromatic rings. The second-order valence-corrected chi connectivity index (χ2v) is 10.4. The molecule has 1 aromatic carbocycles. The highest BCUT2D eigenvalue weighted by atomic mass is 35.5. The number of benzene rings is 1. The van der Waals surface area contributed by atoms with Crippen LogP contribution in [-0.4, -0.2) is 50.2 Å². The Hall–Kier alpha value is -3.39. The van der Waals surface area contributed by atoms with Crippen molar-refractivity contribution in [3.63, 3.8) is 0 Å². The molecule has 0 spiro atoms. The molecule has 3 aliphatic rings. The van der Waals surface area contributed by atoms with Crippen LogP contribution < -0.4 is 4.90 Å². The number of pyridine rings is 1. The van der Waals surface area contributed by atoms with E-state index in [0.717, 1.165) is 34.0 Å². The van der Waals surface area contributed by atoms with Crippen LogP contribution in [0, 0.1) is 29.1 Å². The second-order valence-electron chi connectivity index (χ2n) is 9.99. The maximum Gasteiger partial charge on any atom is 0.451 e. The third-order valence-corrected chi connectivity index (χ3v) is 7.99. The third-order valence-electron chi connectivity index (χ3n) is 7.76. The van der Waals surface area contributed by atoms with Crippen LogP contribution in [0.5, 0.6) is 0 Å². The lowest BCUT2D eigenvalue weighted by molar-refractivity contribution is -0.148. The van der Waals surface area contributed by atoms with Gasteiger partial charge in [-0.25, -0.2) is 0 Å². The molecule has 8 nitrogen and oxygen atoms in total. The number of carbonyl (C=O) groups is 1. The number of rotatable bonds is 3. The van der Waals surface area contributed by atoms with Crippen molar-refractivity contribution in [3.05, 3.63) is 46.6 Å². The van der Waals surface area contributed by atoms with Crippen LogP contribution in [0.3, 0.4) is 0 Å². The Morgan fingerprint density at radius 3 is 2.68 bits per heavy atom. The molecule has 1 saturated heterocycles. The molecule has 2 fully saturated rings. The topological polar surface area (TPSA) is 90.9 Å². The van der Waals surface area contributed by atoms with Gasteiger partial charge in [0.15, 0.2) is 5.82 Å². The first-order valence-electron chi connectivity index (χ1n) is 12.3. The van der Waals surface area contributed by atoms with E-state index >= 15 is 0 Å². The molecule has 2 atom stereocenters. The molecule has 2 aliphatic heterocycles. The summed E-state index contributed by atoms with van der Waals surface area (Å²) in [6.07, 6.45) is -0.329. The van der Waals surface area contributed by atoms with Crippen LogP contribution in [0.2, 0.25) is 5.02 Å². The van der Waals surface area contributed by atoms with Gasteiger partial charge in [0.2, 0.25) is 11.7 Å². The van der Waals surface area contributed by atoms with Gasteiger partial charge in [-0.15, -0.1) is 10.2 Å². The zero-order valence-electron chi connectivity index (χ0n) is 19.7. The molecule has 1 aliphatic carbocycles. The zero-order valence-corrected chi connectivity index (χ0v) is 20.5. The highest BCUT2D eigenvalue weighted by Crippen LogP contribution is 2.46. The van der Waals surface area contributed by atoms with E-state index < -0.39 is 12.0 Å². The normalized spacial score (nSPS) is 22.1. The summed E-state index contributed by atoms with van der Waals surface area (Å²) < 4.78 is 40.7. The van der Waals surface area contributed by atoms with Gasteiger partial charge in [0.1, 0.15) is 6.07 Å². The fraction of sp³-hybridized carbons (Fsp3) is 0.480. The average Bonchev–Trinajstić information content (AvgIpc) is 3.64. The maximum atomic E-state index is 13.7. The van der Waals surface area contributed by atoms with E-state index in [9.17, 15) is 23.2 Å². The van der Waals surface area contributed by atoms with Crippen molar-refractivity contribution in [1.29, 1.82) is 5.26 Å². The van der Waals surface area contributed by atoms with E-state index in [0.29, 0.717) is 36.0 Å². The molecule has 0 bridgehead atoms. The molecule has 6 rings (SSSR count). The van der Waals surface area contributed by atoms with E-state index in [1.807, 2.05) is 12.1 Å². The van der Waals surface area contributed by atoms with E-state index in [1.165, 1.54) is 0 Å². The standard InChI is InChI=1S/C25H23ClF3N7O/c26-16-3-4-20-18(9-16)22(15(10-30)11-31-20)34-6-5-17(19(12-34)14-1-2-14)23(37)35-7-8-36-21(13-35)32-33-24(36)25(27,28)29/h3-4,9,11,14,17,19H,1-2,5-8,12-13H2. The van der Waals surface area contributed by atoms with Crippen LogP contribution in [0.1, 0.15) is 36.5 Å². The summed E-state index contributed by atoms with van der Waals surface area (Å²) in [5.41, 5.74) is 2.00. The number of amides is 1. The largest absolute Gasteiger partial charge is 0.451 e. The third kappa shape index (κ3) is 4.27. The Balaban J connectivity index is 1.25. The minimum Gasteiger partial charge on any atom is -0.370 e. The number of halogens is 4. The molecule has 1 saturated carbocycles. The van der Waals surface area contributed by atoms with Gasteiger partial charge in [-0.1, -0.05) is 11.6 Å². The lowest BCUT2D eigenvalue weighted by Crippen LogP contribution is -2.50. The molecular formula is C25H23ClF3N7O. The Bertz CT molecular complexity index is 1430. The summed E-state index contributed by atoms with van der Waals surface area (Å²) in [5, 5.41) is 18.2. The number of piperidine rings is 1. The maximum absolute atomic E-state index is 13.7. The minimum atomic E-state index is -4.58. The Morgan fingerprint density at radius 2 is 1.95 bits per heavy atom. The molecule has 2 unspecified atom stereocenters. The van der Waals surface area contributed by atoms with E-state index in [1.54, 1.807) is 17.2 Å². The Labute approximate surface area is 215 Å². The molecular weight excluding hydrogens is 507 g/mol. The van der Waals surface area contributed by atoms with Gasteiger partial charge in [-0.3, -0.25) is 9.78 Å². The van der Waals surface area contributed by atoms with Crippen molar-refractivity contribution in [3.8, 4) is 6.07 Å². The molecule has 1 amide bonds. The molecule has 192 valence electrons. The van der Waals surface area contributed by atoms with Crippen molar-refractivity contribution in [2.45, 2.75) is 38.5 Å². The summed E-state index contributed by atoms with van der Waals surface area (Å²) in [6, 6.07) is 7.67. The van der Waals surface area contributed by atoms with E-state index in [2.05, 4.69) is 26.2 Å². The van der Waals surface area contributed by atoms with Crippen molar-refractivity contribution < 1.29 is 18.0 Å². The molecule has 0 N–H and O–H groups in total. The van der Waals surface area contributed by atoms with Gasteiger partial charge in [0.25, 0.3) is 0 Å². The molecule has 37 heavy (non-hydrogen) atoms. The Kier molecular flexibility index (Phi) is 5.75. The SMILES string of the molecule is N#Cc1cnc2ccc(Cl)cc2c1N1CCC(C(=O)N2CCn3c(nnc3C(F)(F)F)C2)C(C2CC2)C1. The number of hydrogen-bond donors (Lipinski definition) is 0. The first kappa shape index (κ1) is 24.0. The van der Waals surface area contributed by atoms with Crippen LogP contribution in [0.25, 0.3) is 10.9 Å². The average molecular weight is 530 g/mol. The van der Waals surface area contributed by atoms with E-state index in [4.69, 9.17) is 11.6 Å². The number of nitriles is 1. The summed E-state index contributed by atoms with van der Waals surface area (Å²) in [4.78, 5) is 21.9. The van der Waals surface area contributed by atoms with Crippen molar-refractivity contribution in [1.82, 2.24) is 24.6 Å². The predicted octanol–water partition coefficient (Wildman–Crippen LogP) is 4.27. The number of carbonyl (C=O) groups excluding carboxylic acids is 1. The predicted molar refractivity (Wildman–Crippen MR) is 128 cm³/mol. The molecule has 2 aromatic heterocycles. The summed E-state index contributed by atoms with van der Waals surface area (Å²) in [7, 11) is 0. The fourth-order valence-corrected chi connectivity index (χ4v) is 6.03. The highest BCUT2D eigenvalue weighted by molar-refractivity contribution is 6.31. The van der Waals surface area contributed by atoms with Crippen LogP contribution in [-0.2, 0) is 24.1 Å². The van der Waals surface area contributed by atoms with Gasteiger partial charge in [0.05, 0.1) is 23.3 Å².